The molecule has 1 saturated carbocycles. The molecule has 112 valence electrons. The molecule has 1 aliphatic carbocycles. The van der Waals surface area contributed by atoms with Gasteiger partial charge in [0.15, 0.2) is 0 Å². The molecule has 4 heteroatoms. The normalized spacial score (nSPS) is 26.1. The van der Waals surface area contributed by atoms with E-state index in [0.29, 0.717) is 11.9 Å². The van der Waals surface area contributed by atoms with Gasteiger partial charge in [0, 0.05) is 26.3 Å². The van der Waals surface area contributed by atoms with E-state index >= 15 is 0 Å². The molecule has 0 spiro atoms. The highest BCUT2D eigenvalue weighted by Crippen LogP contribution is 2.36. The van der Waals surface area contributed by atoms with Gasteiger partial charge in [-0.2, -0.15) is 0 Å². The van der Waals surface area contributed by atoms with Gasteiger partial charge in [0.1, 0.15) is 5.69 Å². The Bertz CT molecular complexity index is 437. The fourth-order valence-corrected chi connectivity index (χ4v) is 3.37. The van der Waals surface area contributed by atoms with Crippen LogP contribution in [0.5, 0.6) is 5.88 Å². The van der Waals surface area contributed by atoms with Crippen molar-refractivity contribution in [1.82, 2.24) is 4.98 Å². The fraction of sp³-hybridized carbons (Fsp3) is 0.688. The Morgan fingerprint density at radius 2 is 1.85 bits per heavy atom. The zero-order chi connectivity index (χ0) is 14.7. The molecule has 1 heterocycles. The van der Waals surface area contributed by atoms with Crippen molar-refractivity contribution in [2.24, 2.45) is 11.8 Å². The molecule has 20 heavy (non-hydrogen) atoms. The molecule has 1 aliphatic rings. The Balaban J connectivity index is 2.23. The Morgan fingerprint density at radius 1 is 1.20 bits per heavy atom. The summed E-state index contributed by atoms with van der Waals surface area (Å²) in [6, 6.07) is 2.53. The molecule has 0 saturated heterocycles. The first-order valence-electron chi connectivity index (χ1n) is 7.48. The lowest BCUT2D eigenvalue weighted by molar-refractivity contribution is 0.280. The molecular weight excluding hydrogens is 250 g/mol. The molecule has 0 bridgehead atoms. The van der Waals surface area contributed by atoms with Gasteiger partial charge in [0.2, 0.25) is 5.88 Å². The van der Waals surface area contributed by atoms with Crippen LogP contribution in [0.3, 0.4) is 0 Å². The number of ether oxygens (including phenoxy) is 1. The van der Waals surface area contributed by atoms with Gasteiger partial charge in [-0.05, 0) is 37.2 Å². The van der Waals surface area contributed by atoms with Crippen LogP contribution in [0, 0.1) is 11.8 Å². The highest BCUT2D eigenvalue weighted by Gasteiger charge is 2.25. The molecule has 2 atom stereocenters. The van der Waals surface area contributed by atoms with Crippen molar-refractivity contribution in [2.75, 3.05) is 31.4 Å². The van der Waals surface area contributed by atoms with Gasteiger partial charge in [-0.25, -0.2) is 4.98 Å². The van der Waals surface area contributed by atoms with Crippen LogP contribution in [0.2, 0.25) is 0 Å². The van der Waals surface area contributed by atoms with E-state index in [1.54, 1.807) is 13.3 Å². The largest absolute Gasteiger partial charge is 0.479 e. The van der Waals surface area contributed by atoms with E-state index in [1.165, 1.54) is 19.3 Å². The standard InChI is InChI=1S/C16H27N3O/c1-11-8-12(2)10-13(9-11)18-15-14(19(3)4)6-7-17-16(15)20-5/h6-7,11-13,18H,8-10H2,1-5H3. The van der Waals surface area contributed by atoms with Crippen LogP contribution in [0.25, 0.3) is 0 Å². The summed E-state index contributed by atoms with van der Waals surface area (Å²) >= 11 is 0. The molecule has 0 amide bonds. The molecular formula is C16H27N3O. The molecule has 1 N–H and O–H groups in total. The number of nitrogens with one attached hydrogen (secondary N) is 1. The van der Waals surface area contributed by atoms with Crippen LogP contribution in [-0.2, 0) is 0 Å². The van der Waals surface area contributed by atoms with Crippen LogP contribution in [-0.4, -0.2) is 32.2 Å². The number of pyridine rings is 1. The number of hydrogen-bond acceptors (Lipinski definition) is 4. The van der Waals surface area contributed by atoms with Gasteiger partial charge < -0.3 is 15.0 Å². The van der Waals surface area contributed by atoms with Crippen molar-refractivity contribution in [3.8, 4) is 5.88 Å². The van der Waals surface area contributed by atoms with Crippen LogP contribution >= 0.6 is 0 Å². The summed E-state index contributed by atoms with van der Waals surface area (Å²) in [4.78, 5) is 6.43. The van der Waals surface area contributed by atoms with Crippen molar-refractivity contribution in [2.45, 2.75) is 39.2 Å². The predicted molar refractivity (Wildman–Crippen MR) is 84.7 cm³/mol. The van der Waals surface area contributed by atoms with Gasteiger partial charge in [0.05, 0.1) is 12.8 Å². The minimum absolute atomic E-state index is 0.505. The Morgan fingerprint density at radius 3 is 2.40 bits per heavy atom. The van der Waals surface area contributed by atoms with E-state index in [2.05, 4.69) is 29.0 Å². The first-order valence-corrected chi connectivity index (χ1v) is 7.48. The van der Waals surface area contributed by atoms with Crippen LogP contribution in [0.1, 0.15) is 33.1 Å². The highest BCUT2D eigenvalue weighted by molar-refractivity contribution is 5.74. The number of rotatable bonds is 4. The van der Waals surface area contributed by atoms with Gasteiger partial charge in [-0.3, -0.25) is 0 Å². The first kappa shape index (κ1) is 14.9. The van der Waals surface area contributed by atoms with Gasteiger partial charge in [-0.15, -0.1) is 0 Å². The second kappa shape index (κ2) is 6.33. The molecule has 2 rings (SSSR count). The second-order valence-corrected chi connectivity index (χ2v) is 6.37. The maximum absolute atomic E-state index is 5.43. The van der Waals surface area contributed by atoms with E-state index in [0.717, 1.165) is 23.2 Å². The van der Waals surface area contributed by atoms with Gasteiger partial charge >= 0.3 is 0 Å². The maximum Gasteiger partial charge on any atom is 0.239 e. The summed E-state index contributed by atoms with van der Waals surface area (Å²) < 4.78 is 5.43. The topological polar surface area (TPSA) is 37.4 Å². The number of methoxy groups -OCH3 is 1. The van der Waals surface area contributed by atoms with Crippen molar-refractivity contribution >= 4 is 11.4 Å². The molecule has 0 radical (unpaired) electrons. The SMILES string of the molecule is COc1nccc(N(C)C)c1NC1CC(C)CC(C)C1. The summed E-state index contributed by atoms with van der Waals surface area (Å²) in [6.45, 7) is 4.69. The third-order valence-electron chi connectivity index (χ3n) is 4.10. The molecule has 0 aliphatic heterocycles. The fourth-order valence-electron chi connectivity index (χ4n) is 3.37. The Labute approximate surface area is 122 Å². The molecule has 2 unspecified atom stereocenters. The molecule has 1 aromatic heterocycles. The summed E-state index contributed by atoms with van der Waals surface area (Å²) in [5.41, 5.74) is 2.15. The summed E-state index contributed by atoms with van der Waals surface area (Å²) in [6.07, 6.45) is 5.57. The first-order chi connectivity index (χ1) is 9.51. The van der Waals surface area contributed by atoms with Crippen molar-refractivity contribution in [3.63, 3.8) is 0 Å². The quantitative estimate of drug-likeness (QED) is 0.915. The second-order valence-electron chi connectivity index (χ2n) is 6.37. The summed E-state index contributed by atoms with van der Waals surface area (Å²) in [7, 11) is 5.78. The minimum atomic E-state index is 0.505. The summed E-state index contributed by atoms with van der Waals surface area (Å²) in [5, 5.41) is 3.68. The average molecular weight is 277 g/mol. The Hall–Kier alpha value is -1.45. The number of hydrogen-bond donors (Lipinski definition) is 1. The Kier molecular flexibility index (Phi) is 4.73. The lowest BCUT2D eigenvalue weighted by atomic mass is 9.80. The number of anilines is 2. The van der Waals surface area contributed by atoms with Gasteiger partial charge in [0.25, 0.3) is 0 Å². The van der Waals surface area contributed by atoms with Crippen LogP contribution in [0.4, 0.5) is 11.4 Å². The van der Waals surface area contributed by atoms with Crippen molar-refractivity contribution in [1.29, 1.82) is 0 Å². The zero-order valence-electron chi connectivity index (χ0n) is 13.3. The predicted octanol–water partition coefficient (Wildman–Crippen LogP) is 3.39. The zero-order valence-corrected chi connectivity index (χ0v) is 13.3. The minimum Gasteiger partial charge on any atom is -0.479 e. The van der Waals surface area contributed by atoms with Crippen LogP contribution in [0.15, 0.2) is 12.3 Å². The third-order valence-corrected chi connectivity index (χ3v) is 4.10. The molecule has 4 nitrogen and oxygen atoms in total. The van der Waals surface area contributed by atoms with E-state index in [-0.39, 0.29) is 0 Å². The molecule has 0 aromatic carbocycles. The molecule has 1 aromatic rings. The van der Waals surface area contributed by atoms with E-state index < -0.39 is 0 Å². The number of nitrogens with zero attached hydrogens (tertiary/aromatic N) is 2. The van der Waals surface area contributed by atoms with E-state index in [1.807, 2.05) is 20.2 Å². The summed E-state index contributed by atoms with van der Waals surface area (Å²) in [5.74, 6) is 2.24. The number of aromatic nitrogens is 1. The van der Waals surface area contributed by atoms with Crippen molar-refractivity contribution in [3.05, 3.63) is 12.3 Å². The maximum atomic E-state index is 5.43. The van der Waals surface area contributed by atoms with Crippen LogP contribution < -0.4 is 15.0 Å². The monoisotopic (exact) mass is 277 g/mol. The third kappa shape index (κ3) is 3.35. The van der Waals surface area contributed by atoms with E-state index in [4.69, 9.17) is 4.74 Å². The molecule has 1 fully saturated rings. The lowest BCUT2D eigenvalue weighted by Crippen LogP contribution is -2.31. The highest BCUT2D eigenvalue weighted by atomic mass is 16.5. The lowest BCUT2D eigenvalue weighted by Gasteiger charge is -2.33. The smallest absolute Gasteiger partial charge is 0.239 e. The van der Waals surface area contributed by atoms with E-state index in [9.17, 15) is 0 Å². The van der Waals surface area contributed by atoms with Gasteiger partial charge in [-0.1, -0.05) is 13.8 Å². The van der Waals surface area contributed by atoms with Crippen molar-refractivity contribution < 1.29 is 4.74 Å². The average Bonchev–Trinajstić information content (AvgIpc) is 2.37.